The van der Waals surface area contributed by atoms with Crippen molar-refractivity contribution in [1.82, 2.24) is 0 Å². The third kappa shape index (κ3) is 8.14. The van der Waals surface area contributed by atoms with Crippen LogP contribution in [-0.4, -0.2) is 35.1 Å². The lowest BCUT2D eigenvalue weighted by atomic mass is 9.81. The highest BCUT2D eigenvalue weighted by molar-refractivity contribution is 7.49. The van der Waals surface area contributed by atoms with Crippen LogP contribution in [0.2, 0.25) is 0 Å². The number of hydrogen-bond acceptors (Lipinski definition) is 7. The van der Waals surface area contributed by atoms with Gasteiger partial charge in [-0.3, -0.25) is 0 Å². The Kier molecular flexibility index (Phi) is 10.7. The van der Waals surface area contributed by atoms with Gasteiger partial charge < -0.3 is 28.9 Å². The Morgan fingerprint density at radius 1 is 0.512 bits per heavy atom. The Hall–Kier alpha value is -2.83. The van der Waals surface area contributed by atoms with Gasteiger partial charge in [0.2, 0.25) is 0 Å². The van der Waals surface area contributed by atoms with Gasteiger partial charge in [-0.05, 0) is 53.7 Å². The fourth-order valence-electron chi connectivity index (χ4n) is 4.98. The molecular weight excluding hydrogens is 539 g/mol. The van der Waals surface area contributed by atoms with Crippen LogP contribution in [0.25, 0.3) is 0 Å². The van der Waals surface area contributed by atoms with Gasteiger partial charge in [-0.2, -0.15) is 4.57 Å². The summed E-state index contributed by atoms with van der Waals surface area (Å²) in [7, 11) is -4.42. The molecule has 3 aromatic carbocycles. The lowest BCUT2D eigenvalue weighted by molar-refractivity contribution is 0.246. The third-order valence-electron chi connectivity index (χ3n) is 7.69. The van der Waals surface area contributed by atoms with E-state index in [-0.39, 0.29) is 19.8 Å². The van der Waals surface area contributed by atoms with Gasteiger partial charge in [0.25, 0.3) is 0 Å². The molecule has 7 nitrogen and oxygen atoms in total. The number of phosphoric ester groups is 1. The summed E-state index contributed by atoms with van der Waals surface area (Å²) in [5, 5.41) is 29.1. The Labute approximate surface area is 244 Å². The average molecular weight is 585 g/mol. The SMILES string of the molecule is CC(C)(CCO)c1ccccc1OP(=O)(Oc1ccccc1C(C)(C)CCO)Oc1ccccc1C(C)(C)CCO. The van der Waals surface area contributed by atoms with Gasteiger partial charge in [0, 0.05) is 36.5 Å². The summed E-state index contributed by atoms with van der Waals surface area (Å²) in [5.74, 6) is 0.982. The van der Waals surface area contributed by atoms with E-state index in [0.29, 0.717) is 36.5 Å². The van der Waals surface area contributed by atoms with Gasteiger partial charge in [-0.15, -0.1) is 0 Å². The Balaban J connectivity index is 2.17. The zero-order valence-electron chi connectivity index (χ0n) is 25.1. The van der Waals surface area contributed by atoms with Crippen molar-refractivity contribution in [3.8, 4) is 17.2 Å². The molecule has 8 heteroatoms. The van der Waals surface area contributed by atoms with E-state index in [1.807, 2.05) is 77.9 Å². The van der Waals surface area contributed by atoms with Crippen LogP contribution in [0.4, 0.5) is 0 Å². The molecule has 3 rings (SSSR count). The van der Waals surface area contributed by atoms with Gasteiger partial charge in [0.05, 0.1) is 0 Å². The summed E-state index contributed by atoms with van der Waals surface area (Å²) in [6.07, 6.45) is 1.40. The van der Waals surface area contributed by atoms with E-state index in [0.717, 1.165) is 16.7 Å². The Morgan fingerprint density at radius 2 is 0.756 bits per heavy atom. The van der Waals surface area contributed by atoms with E-state index >= 15 is 0 Å². The summed E-state index contributed by atoms with van der Waals surface area (Å²) < 4.78 is 33.6. The average Bonchev–Trinajstić information content (AvgIpc) is 2.89. The number of para-hydroxylation sites is 3. The minimum absolute atomic E-state index is 0.0212. The van der Waals surface area contributed by atoms with Crippen molar-refractivity contribution in [2.24, 2.45) is 0 Å². The van der Waals surface area contributed by atoms with Gasteiger partial charge in [0.1, 0.15) is 17.2 Å². The summed E-state index contributed by atoms with van der Waals surface area (Å²) >= 11 is 0. The highest BCUT2D eigenvalue weighted by Gasteiger charge is 2.39. The zero-order valence-corrected chi connectivity index (χ0v) is 26.0. The first kappa shape index (κ1) is 32.7. The molecule has 0 radical (unpaired) electrons. The molecule has 0 aliphatic carbocycles. The van der Waals surface area contributed by atoms with Crippen LogP contribution in [0.1, 0.15) is 77.5 Å². The van der Waals surface area contributed by atoms with Crippen molar-refractivity contribution in [2.75, 3.05) is 19.8 Å². The lowest BCUT2D eigenvalue weighted by Gasteiger charge is -2.31. The summed E-state index contributed by atoms with van der Waals surface area (Å²) in [4.78, 5) is 0. The maximum atomic E-state index is 14.8. The first-order valence-corrected chi connectivity index (χ1v) is 15.5. The van der Waals surface area contributed by atoms with E-state index in [9.17, 15) is 19.9 Å². The molecule has 3 aromatic rings. The van der Waals surface area contributed by atoms with E-state index in [2.05, 4.69) is 0 Å². The number of benzene rings is 3. The second kappa shape index (κ2) is 13.4. The molecule has 0 saturated heterocycles. The number of rotatable bonds is 15. The molecule has 3 N–H and O–H groups in total. The van der Waals surface area contributed by atoms with Crippen LogP contribution in [0.15, 0.2) is 72.8 Å². The van der Waals surface area contributed by atoms with E-state index < -0.39 is 24.1 Å². The van der Waals surface area contributed by atoms with E-state index in [1.165, 1.54) is 0 Å². The standard InChI is InChI=1S/C33H45O7P/c1-31(2,19-22-34)25-13-7-10-16-28(25)38-41(37,39-29-17-11-8-14-26(29)32(3,4)20-23-35)40-30-18-12-9-15-27(30)33(5,6)21-24-36/h7-18,34-36H,19-24H2,1-6H3. The van der Waals surface area contributed by atoms with E-state index in [1.54, 1.807) is 36.4 Å². The molecule has 0 saturated carbocycles. The van der Waals surface area contributed by atoms with Gasteiger partial charge in [0.15, 0.2) is 0 Å². The maximum Gasteiger partial charge on any atom is 0.647 e. The normalized spacial score (nSPS) is 12.7. The van der Waals surface area contributed by atoms with Gasteiger partial charge in [-0.1, -0.05) is 96.1 Å². The van der Waals surface area contributed by atoms with Crippen molar-refractivity contribution in [1.29, 1.82) is 0 Å². The highest BCUT2D eigenvalue weighted by atomic mass is 31.2. The molecule has 0 unspecified atom stereocenters. The van der Waals surface area contributed by atoms with Crippen LogP contribution < -0.4 is 13.6 Å². The van der Waals surface area contributed by atoms with Crippen LogP contribution in [0.5, 0.6) is 17.2 Å². The smallest absolute Gasteiger partial charge is 0.396 e. The molecule has 0 fully saturated rings. The molecule has 0 amide bonds. The molecule has 0 bridgehead atoms. The largest absolute Gasteiger partial charge is 0.647 e. The van der Waals surface area contributed by atoms with Crippen LogP contribution >= 0.6 is 7.82 Å². The Morgan fingerprint density at radius 3 is 1.00 bits per heavy atom. The fraction of sp³-hybridized carbons (Fsp3) is 0.455. The van der Waals surface area contributed by atoms with Crippen LogP contribution in [0, 0.1) is 0 Å². The van der Waals surface area contributed by atoms with Crippen LogP contribution in [-0.2, 0) is 20.8 Å². The predicted octanol–water partition coefficient (Wildman–Crippen LogP) is 7.31. The molecule has 0 aliphatic heterocycles. The quantitative estimate of drug-likeness (QED) is 0.161. The fourth-order valence-corrected chi connectivity index (χ4v) is 6.29. The van der Waals surface area contributed by atoms with Crippen LogP contribution in [0.3, 0.4) is 0 Å². The second-order valence-electron chi connectivity index (χ2n) is 12.3. The third-order valence-corrected chi connectivity index (χ3v) is 8.95. The summed E-state index contributed by atoms with van der Waals surface area (Å²) in [5.41, 5.74) is 0.798. The number of hydrogen-bond donors (Lipinski definition) is 3. The van der Waals surface area contributed by atoms with Crippen molar-refractivity contribution in [2.45, 2.75) is 77.0 Å². The highest BCUT2D eigenvalue weighted by Crippen LogP contribution is 2.54. The van der Waals surface area contributed by atoms with Crippen molar-refractivity contribution in [3.63, 3.8) is 0 Å². The predicted molar refractivity (Wildman–Crippen MR) is 163 cm³/mol. The lowest BCUT2D eigenvalue weighted by Crippen LogP contribution is -2.23. The molecule has 41 heavy (non-hydrogen) atoms. The van der Waals surface area contributed by atoms with Crippen molar-refractivity contribution < 1.29 is 33.5 Å². The topological polar surface area (TPSA) is 105 Å². The van der Waals surface area contributed by atoms with Crippen molar-refractivity contribution >= 4 is 7.82 Å². The van der Waals surface area contributed by atoms with E-state index in [4.69, 9.17) is 13.6 Å². The first-order valence-electron chi connectivity index (χ1n) is 14.1. The molecule has 224 valence electrons. The molecule has 0 spiro atoms. The number of aliphatic hydroxyl groups excluding tert-OH is 3. The van der Waals surface area contributed by atoms with Gasteiger partial charge in [-0.25, -0.2) is 0 Å². The zero-order chi connectivity index (χ0) is 30.3. The summed E-state index contributed by atoms with van der Waals surface area (Å²) in [6, 6.07) is 21.8. The number of aliphatic hydroxyl groups is 3. The molecule has 0 aliphatic rings. The number of phosphoric acid groups is 1. The molecule has 0 atom stereocenters. The monoisotopic (exact) mass is 584 g/mol. The van der Waals surface area contributed by atoms with Crippen molar-refractivity contribution in [3.05, 3.63) is 89.5 Å². The Bertz CT molecular complexity index is 1170. The molecular formula is C33H45O7P. The van der Waals surface area contributed by atoms with Gasteiger partial charge >= 0.3 is 7.82 Å². The second-order valence-corrected chi connectivity index (χ2v) is 13.7. The minimum atomic E-state index is -4.42. The first-order chi connectivity index (χ1) is 19.3. The maximum absolute atomic E-state index is 14.8. The molecule has 0 heterocycles. The summed E-state index contributed by atoms with van der Waals surface area (Å²) in [6.45, 7) is 11.8. The molecule has 0 aromatic heterocycles. The minimum Gasteiger partial charge on any atom is -0.396 e.